The monoisotopic (exact) mass is 479 g/mol. The Balaban J connectivity index is 1.93. The normalized spacial score (nSPS) is 16.1. The Morgan fingerprint density at radius 3 is 2.61 bits per heavy atom. The summed E-state index contributed by atoms with van der Waals surface area (Å²) in [5.41, 5.74) is 6.56. The van der Waals surface area contributed by atoms with Gasteiger partial charge in [0.05, 0.1) is 30.4 Å². The molecule has 0 saturated heterocycles. The summed E-state index contributed by atoms with van der Waals surface area (Å²) in [6, 6.07) is 14.5. The van der Waals surface area contributed by atoms with Crippen molar-refractivity contribution in [1.82, 2.24) is 9.55 Å². The van der Waals surface area contributed by atoms with Crippen molar-refractivity contribution in [3.8, 4) is 22.8 Å². The van der Waals surface area contributed by atoms with Gasteiger partial charge in [-0.05, 0) is 48.1 Å². The third-order valence-corrected chi connectivity index (χ3v) is 5.93. The molecular weight excluding hydrogens is 454 g/mol. The van der Waals surface area contributed by atoms with E-state index in [9.17, 15) is 0 Å². The van der Waals surface area contributed by atoms with E-state index in [1.165, 1.54) is 5.69 Å². The molecule has 1 aliphatic carbocycles. The summed E-state index contributed by atoms with van der Waals surface area (Å²) in [5, 5.41) is 4.48. The molecule has 160 valence electrons. The number of rotatable bonds is 6. The van der Waals surface area contributed by atoms with Crippen LogP contribution in [0, 0.1) is 5.41 Å². The molecule has 0 saturated carbocycles. The van der Waals surface area contributed by atoms with Gasteiger partial charge in [0.15, 0.2) is 0 Å². The van der Waals surface area contributed by atoms with Gasteiger partial charge in [-0.15, -0.1) is 0 Å². The minimum atomic E-state index is 0.0519. The molecule has 2 aromatic heterocycles. The van der Waals surface area contributed by atoms with E-state index in [0.29, 0.717) is 12.5 Å². The van der Waals surface area contributed by atoms with Gasteiger partial charge in [0.1, 0.15) is 6.61 Å². The van der Waals surface area contributed by atoms with Gasteiger partial charge in [0.2, 0.25) is 5.88 Å². The molecule has 1 aromatic carbocycles. The quantitative estimate of drug-likeness (QED) is 0.240. The molecule has 0 radical (unpaired) electrons. The third-order valence-electron chi connectivity index (χ3n) is 5.40. The van der Waals surface area contributed by atoms with Crippen LogP contribution in [0.4, 0.5) is 0 Å². The lowest BCUT2D eigenvalue weighted by molar-refractivity contribution is 0.172. The van der Waals surface area contributed by atoms with Gasteiger partial charge in [-0.3, -0.25) is 0 Å². The largest absolute Gasteiger partial charge is 0.481 e. The van der Waals surface area contributed by atoms with Crippen molar-refractivity contribution in [3.63, 3.8) is 0 Å². The maximum atomic E-state index is 5.50. The second-order valence-electron chi connectivity index (χ2n) is 8.43. The van der Waals surface area contributed by atoms with E-state index in [2.05, 4.69) is 81.4 Å². The predicted molar refractivity (Wildman–Crippen MR) is 128 cm³/mol. The number of ether oxygens (including phenoxy) is 1. The summed E-state index contributed by atoms with van der Waals surface area (Å²) >= 11 is 3.54. The fourth-order valence-corrected chi connectivity index (χ4v) is 4.31. The van der Waals surface area contributed by atoms with Crippen molar-refractivity contribution >= 4 is 21.6 Å². The second-order valence-corrected chi connectivity index (χ2v) is 9.35. The van der Waals surface area contributed by atoms with Crippen molar-refractivity contribution in [2.75, 3.05) is 13.7 Å². The lowest BCUT2D eigenvalue weighted by Gasteiger charge is -2.31. The maximum absolute atomic E-state index is 5.50. The molecule has 2 heterocycles. The number of hydrogen-bond acceptors (Lipinski definition) is 4. The number of benzene rings is 1. The van der Waals surface area contributed by atoms with Crippen LogP contribution in [0.1, 0.15) is 31.5 Å². The Bertz CT molecular complexity index is 1110. The number of oxime groups is 1. The summed E-state index contributed by atoms with van der Waals surface area (Å²) in [6.45, 7) is 8.64. The van der Waals surface area contributed by atoms with Crippen LogP contribution in [-0.2, 0) is 11.3 Å². The summed E-state index contributed by atoms with van der Waals surface area (Å²) < 4.78 is 8.60. The van der Waals surface area contributed by atoms with Gasteiger partial charge in [0.25, 0.3) is 0 Å². The van der Waals surface area contributed by atoms with Crippen molar-refractivity contribution in [3.05, 3.63) is 77.0 Å². The van der Waals surface area contributed by atoms with Crippen molar-refractivity contribution in [2.24, 2.45) is 10.6 Å². The maximum Gasteiger partial charge on any atom is 0.213 e. The van der Waals surface area contributed by atoms with Crippen LogP contribution in [0.2, 0.25) is 0 Å². The number of aromatic nitrogens is 2. The van der Waals surface area contributed by atoms with E-state index in [-0.39, 0.29) is 5.41 Å². The number of methoxy groups -OCH3 is 1. The molecule has 5 nitrogen and oxygen atoms in total. The van der Waals surface area contributed by atoms with Crippen LogP contribution in [0.15, 0.2) is 70.9 Å². The smallest absolute Gasteiger partial charge is 0.213 e. The van der Waals surface area contributed by atoms with Crippen LogP contribution >= 0.6 is 15.9 Å². The van der Waals surface area contributed by atoms with Gasteiger partial charge in [-0.2, -0.15) is 0 Å². The highest BCUT2D eigenvalue weighted by Gasteiger charge is 2.34. The average molecular weight is 480 g/mol. The Morgan fingerprint density at radius 1 is 1.19 bits per heavy atom. The molecule has 0 bridgehead atoms. The van der Waals surface area contributed by atoms with Crippen LogP contribution < -0.4 is 4.74 Å². The number of fused-ring (bicyclic) bond motifs is 1. The highest BCUT2D eigenvalue weighted by atomic mass is 79.9. The molecule has 0 N–H and O–H groups in total. The number of pyridine rings is 1. The van der Waals surface area contributed by atoms with E-state index in [1.54, 1.807) is 13.2 Å². The van der Waals surface area contributed by atoms with Gasteiger partial charge in [-0.1, -0.05) is 59.7 Å². The van der Waals surface area contributed by atoms with E-state index in [1.807, 2.05) is 18.3 Å². The van der Waals surface area contributed by atoms with Crippen LogP contribution in [0.3, 0.4) is 0 Å². The molecule has 4 rings (SSSR count). The fourth-order valence-electron chi connectivity index (χ4n) is 4.04. The molecule has 3 aromatic rings. The van der Waals surface area contributed by atoms with Crippen LogP contribution in [-0.4, -0.2) is 29.0 Å². The zero-order valence-electron chi connectivity index (χ0n) is 18.1. The van der Waals surface area contributed by atoms with Gasteiger partial charge in [0, 0.05) is 21.8 Å². The van der Waals surface area contributed by atoms with E-state index < -0.39 is 0 Å². The summed E-state index contributed by atoms with van der Waals surface area (Å²) in [7, 11) is 1.63. The first-order chi connectivity index (χ1) is 14.9. The minimum Gasteiger partial charge on any atom is -0.481 e. The lowest BCUT2D eigenvalue weighted by Crippen LogP contribution is -2.28. The van der Waals surface area contributed by atoms with Crippen molar-refractivity contribution in [1.29, 1.82) is 0 Å². The van der Waals surface area contributed by atoms with Crippen molar-refractivity contribution in [2.45, 2.75) is 26.7 Å². The zero-order valence-corrected chi connectivity index (χ0v) is 19.6. The first kappa shape index (κ1) is 21.4. The van der Waals surface area contributed by atoms with Crippen LogP contribution in [0.25, 0.3) is 16.9 Å². The SMILES string of the molecule is C=CCO/N=C1\CC(C)(C)Cc2c1cc(-c1ccc(Br)cc1)n2-c1ccc(OC)nc1. The highest BCUT2D eigenvalue weighted by molar-refractivity contribution is 9.10. The number of hydrogen-bond donors (Lipinski definition) is 0. The number of nitrogens with zero attached hydrogens (tertiary/aromatic N) is 3. The molecule has 0 atom stereocenters. The molecule has 6 heteroatoms. The lowest BCUT2D eigenvalue weighted by atomic mass is 9.76. The Kier molecular flexibility index (Phi) is 6.01. The van der Waals surface area contributed by atoms with Crippen LogP contribution in [0.5, 0.6) is 5.88 Å². The summed E-state index contributed by atoms with van der Waals surface area (Å²) in [6.07, 6.45) is 5.33. The average Bonchev–Trinajstić information content (AvgIpc) is 3.12. The topological polar surface area (TPSA) is 48.6 Å². The standard InChI is InChI=1S/C25H26BrN3O2/c1-5-12-31-28-21-14-25(2,3)15-23-20(21)13-22(17-6-8-18(26)9-7-17)29(23)19-10-11-24(30-4)27-16-19/h5-11,13,16H,1,12,14-15H2,2-4H3/b28-21+. The number of halogens is 1. The summed E-state index contributed by atoms with van der Waals surface area (Å²) in [4.78, 5) is 9.96. The van der Waals surface area contributed by atoms with E-state index in [4.69, 9.17) is 9.57 Å². The first-order valence-corrected chi connectivity index (χ1v) is 11.0. The van der Waals surface area contributed by atoms with Gasteiger partial charge >= 0.3 is 0 Å². The Morgan fingerprint density at radius 2 is 1.97 bits per heavy atom. The molecule has 0 unspecified atom stereocenters. The minimum absolute atomic E-state index is 0.0519. The molecule has 0 spiro atoms. The fraction of sp³-hybridized carbons (Fsp3) is 0.280. The third kappa shape index (κ3) is 4.44. The van der Waals surface area contributed by atoms with Gasteiger partial charge < -0.3 is 14.1 Å². The Labute approximate surface area is 191 Å². The second kappa shape index (κ2) is 8.71. The summed E-state index contributed by atoms with van der Waals surface area (Å²) in [5.74, 6) is 0.593. The first-order valence-electron chi connectivity index (χ1n) is 10.2. The molecule has 31 heavy (non-hydrogen) atoms. The predicted octanol–water partition coefficient (Wildman–Crippen LogP) is 6.19. The molecule has 0 aliphatic heterocycles. The molecule has 1 aliphatic rings. The van der Waals surface area contributed by atoms with Crippen molar-refractivity contribution < 1.29 is 9.57 Å². The van der Waals surface area contributed by atoms with E-state index >= 15 is 0 Å². The van der Waals surface area contributed by atoms with Gasteiger partial charge in [-0.25, -0.2) is 4.98 Å². The molecule has 0 fully saturated rings. The molecular formula is C25H26BrN3O2. The zero-order chi connectivity index (χ0) is 22.0. The highest BCUT2D eigenvalue weighted by Crippen LogP contribution is 2.40. The van der Waals surface area contributed by atoms with E-state index in [0.717, 1.165) is 45.5 Å². The Hall–Kier alpha value is -2.86. The molecule has 0 amide bonds.